The average molecular weight is 133 g/mol. The van der Waals surface area contributed by atoms with Crippen LogP contribution in [0.15, 0.2) is 0 Å². The Hall–Kier alpha value is -0.160. The summed E-state index contributed by atoms with van der Waals surface area (Å²) in [5.41, 5.74) is 0. The topological polar surface area (TPSA) is 38.8 Å². The molecule has 0 heterocycles. The predicted molar refractivity (Wildman–Crippen MR) is 35.6 cm³/mol. The summed E-state index contributed by atoms with van der Waals surface area (Å²) in [7, 11) is 4.85. The molecule has 0 fully saturated rings. The molecular weight excluding hydrogens is 120 g/mol. The van der Waals surface area contributed by atoms with Gasteiger partial charge < -0.3 is 15.1 Å². The second-order valence-corrected chi connectivity index (χ2v) is 1.89. The summed E-state index contributed by atoms with van der Waals surface area (Å²) in [6.07, 6.45) is 0. The molecule has 0 saturated carbocycles. The molecular formula is C5H13N2O2-. The lowest BCUT2D eigenvalue weighted by Gasteiger charge is -2.24. The highest BCUT2D eigenvalue weighted by atomic mass is 16.7. The van der Waals surface area contributed by atoms with Crippen LogP contribution < -0.4 is 0 Å². The SMILES string of the molecule is CON(C)CCN(C)[O-]. The van der Waals surface area contributed by atoms with E-state index in [1.165, 1.54) is 7.05 Å². The number of nitrogens with zero attached hydrogens (tertiary/aromatic N) is 2. The second kappa shape index (κ2) is 4.69. The fourth-order valence-corrected chi connectivity index (χ4v) is 0.373. The molecule has 56 valence electrons. The van der Waals surface area contributed by atoms with Crippen molar-refractivity contribution in [3.8, 4) is 0 Å². The number of hydrogen-bond donors (Lipinski definition) is 0. The molecule has 0 unspecified atom stereocenters. The van der Waals surface area contributed by atoms with Gasteiger partial charge in [-0.25, -0.2) is 0 Å². The van der Waals surface area contributed by atoms with Gasteiger partial charge in [0.05, 0.1) is 7.11 Å². The van der Waals surface area contributed by atoms with Gasteiger partial charge in [-0.15, -0.1) is 0 Å². The number of hydroxylamine groups is 4. The largest absolute Gasteiger partial charge is 0.785 e. The van der Waals surface area contributed by atoms with Crippen molar-refractivity contribution < 1.29 is 4.84 Å². The van der Waals surface area contributed by atoms with Gasteiger partial charge in [-0.2, -0.15) is 5.06 Å². The lowest BCUT2D eigenvalue weighted by Crippen LogP contribution is -2.26. The molecule has 0 spiro atoms. The van der Waals surface area contributed by atoms with Crippen molar-refractivity contribution >= 4 is 0 Å². The summed E-state index contributed by atoms with van der Waals surface area (Å²) in [4.78, 5) is 4.77. The lowest BCUT2D eigenvalue weighted by atomic mass is 10.6. The summed E-state index contributed by atoms with van der Waals surface area (Å²) in [5, 5.41) is 12.8. The highest BCUT2D eigenvalue weighted by Gasteiger charge is 1.91. The van der Waals surface area contributed by atoms with Gasteiger partial charge in [0.25, 0.3) is 0 Å². The van der Waals surface area contributed by atoms with Gasteiger partial charge >= 0.3 is 0 Å². The van der Waals surface area contributed by atoms with E-state index in [1.807, 2.05) is 0 Å². The van der Waals surface area contributed by atoms with Crippen LogP contribution in [-0.4, -0.2) is 44.4 Å². The van der Waals surface area contributed by atoms with Crippen LogP contribution in [0.25, 0.3) is 0 Å². The van der Waals surface area contributed by atoms with Crippen LogP contribution in [0.2, 0.25) is 0 Å². The van der Waals surface area contributed by atoms with Crippen molar-refractivity contribution in [2.24, 2.45) is 0 Å². The molecule has 0 radical (unpaired) electrons. The highest BCUT2D eigenvalue weighted by Crippen LogP contribution is 1.82. The van der Waals surface area contributed by atoms with Crippen molar-refractivity contribution in [2.75, 3.05) is 34.3 Å². The Labute approximate surface area is 55.5 Å². The molecule has 4 nitrogen and oxygen atoms in total. The maximum Gasteiger partial charge on any atom is 0.0575 e. The molecule has 0 aliphatic carbocycles. The van der Waals surface area contributed by atoms with E-state index in [-0.39, 0.29) is 0 Å². The van der Waals surface area contributed by atoms with E-state index >= 15 is 0 Å². The van der Waals surface area contributed by atoms with Gasteiger partial charge in [-0.05, 0) is 7.05 Å². The molecule has 0 aliphatic heterocycles. The van der Waals surface area contributed by atoms with Crippen LogP contribution in [0.3, 0.4) is 0 Å². The molecule has 4 heteroatoms. The summed E-state index contributed by atoms with van der Waals surface area (Å²) >= 11 is 0. The molecule has 0 rings (SSSR count). The Morgan fingerprint density at radius 1 is 1.33 bits per heavy atom. The summed E-state index contributed by atoms with van der Waals surface area (Å²) in [6, 6.07) is 0. The highest BCUT2D eigenvalue weighted by molar-refractivity contribution is 4.49. The van der Waals surface area contributed by atoms with Crippen LogP contribution in [0, 0.1) is 5.21 Å². The maximum atomic E-state index is 10.3. The molecule has 0 bridgehead atoms. The van der Waals surface area contributed by atoms with E-state index in [4.69, 9.17) is 4.84 Å². The van der Waals surface area contributed by atoms with Crippen molar-refractivity contribution in [1.29, 1.82) is 0 Å². The first-order valence-electron chi connectivity index (χ1n) is 2.80. The van der Waals surface area contributed by atoms with Gasteiger partial charge in [0, 0.05) is 20.1 Å². The van der Waals surface area contributed by atoms with E-state index in [0.29, 0.717) is 13.1 Å². The zero-order valence-corrected chi connectivity index (χ0v) is 6.13. The van der Waals surface area contributed by atoms with Crippen LogP contribution in [0.4, 0.5) is 0 Å². The molecule has 0 aromatic carbocycles. The van der Waals surface area contributed by atoms with Gasteiger partial charge in [-0.1, -0.05) is 0 Å². The first kappa shape index (κ1) is 8.84. The lowest BCUT2D eigenvalue weighted by molar-refractivity contribution is -0.110. The summed E-state index contributed by atoms with van der Waals surface area (Å²) in [6.45, 7) is 1.11. The fraction of sp³-hybridized carbons (Fsp3) is 1.00. The number of rotatable bonds is 4. The van der Waals surface area contributed by atoms with Gasteiger partial charge in [0.2, 0.25) is 0 Å². The average Bonchev–Trinajstić information content (AvgIpc) is 1.83. The minimum absolute atomic E-state index is 0.477. The Kier molecular flexibility index (Phi) is 4.61. The quantitative estimate of drug-likeness (QED) is 0.502. The van der Waals surface area contributed by atoms with Crippen LogP contribution >= 0.6 is 0 Å². The zero-order valence-electron chi connectivity index (χ0n) is 6.13. The van der Waals surface area contributed by atoms with Crippen molar-refractivity contribution in [3.63, 3.8) is 0 Å². The molecule has 0 atom stereocenters. The van der Waals surface area contributed by atoms with Gasteiger partial charge in [0.1, 0.15) is 0 Å². The van der Waals surface area contributed by atoms with Crippen LogP contribution in [0.1, 0.15) is 0 Å². The van der Waals surface area contributed by atoms with E-state index in [9.17, 15) is 5.21 Å². The Bertz CT molecular complexity index is 68.0. The molecule has 9 heavy (non-hydrogen) atoms. The smallest absolute Gasteiger partial charge is 0.0575 e. The molecule has 0 N–H and O–H groups in total. The second-order valence-electron chi connectivity index (χ2n) is 1.89. The van der Waals surface area contributed by atoms with Crippen molar-refractivity contribution in [2.45, 2.75) is 0 Å². The maximum absolute atomic E-state index is 10.3. The third-order valence-electron chi connectivity index (χ3n) is 1.04. The van der Waals surface area contributed by atoms with E-state index in [1.54, 1.807) is 19.2 Å². The minimum atomic E-state index is 0.477. The summed E-state index contributed by atoms with van der Waals surface area (Å²) in [5.74, 6) is 0. The first-order valence-corrected chi connectivity index (χ1v) is 2.80. The third-order valence-corrected chi connectivity index (χ3v) is 1.04. The minimum Gasteiger partial charge on any atom is -0.785 e. The third kappa shape index (κ3) is 5.72. The first-order chi connectivity index (χ1) is 4.16. The van der Waals surface area contributed by atoms with E-state index in [2.05, 4.69) is 0 Å². The monoisotopic (exact) mass is 133 g/mol. The van der Waals surface area contributed by atoms with Crippen LogP contribution in [-0.2, 0) is 4.84 Å². The van der Waals surface area contributed by atoms with Gasteiger partial charge in [0.15, 0.2) is 0 Å². The number of likely N-dealkylation sites (N-methyl/N-ethyl adjacent to an activating group) is 2. The Morgan fingerprint density at radius 3 is 2.22 bits per heavy atom. The molecule has 0 saturated heterocycles. The normalized spacial score (nSPS) is 11.3. The van der Waals surface area contributed by atoms with Crippen molar-refractivity contribution in [3.05, 3.63) is 5.21 Å². The Balaban J connectivity index is 3.06. The molecule has 0 aliphatic rings. The van der Waals surface area contributed by atoms with Gasteiger partial charge in [-0.3, -0.25) is 0 Å². The molecule has 0 amide bonds. The molecule has 0 aromatic rings. The predicted octanol–water partition coefficient (Wildman–Crippen LogP) is -0.0908. The van der Waals surface area contributed by atoms with Crippen molar-refractivity contribution in [1.82, 2.24) is 10.1 Å². The summed E-state index contributed by atoms with van der Waals surface area (Å²) < 4.78 is 0. The standard InChI is InChI=1S/C5H13N2O2/c1-6(8)4-5-7(2)9-3/h4-5H2,1-3H3/q-1. The number of hydrogen-bond acceptors (Lipinski definition) is 4. The van der Waals surface area contributed by atoms with Crippen LogP contribution in [0.5, 0.6) is 0 Å². The Morgan fingerprint density at radius 2 is 1.89 bits per heavy atom. The van der Waals surface area contributed by atoms with E-state index in [0.717, 1.165) is 5.06 Å². The van der Waals surface area contributed by atoms with E-state index < -0.39 is 0 Å². The molecule has 0 aromatic heterocycles. The fourth-order valence-electron chi connectivity index (χ4n) is 0.373. The zero-order chi connectivity index (χ0) is 7.28.